The maximum atomic E-state index is 12.0. The van der Waals surface area contributed by atoms with Crippen LogP contribution in [0.2, 0.25) is 0 Å². The van der Waals surface area contributed by atoms with Crippen molar-refractivity contribution in [3.05, 3.63) is 0 Å². The molecule has 2 fully saturated rings. The molecule has 1 N–H and O–H groups in total. The van der Waals surface area contributed by atoms with Gasteiger partial charge in [-0.25, -0.2) is 0 Å². The fraction of sp³-hybridized carbons (Fsp3) is 0.929. The number of hydrogen-bond donors (Lipinski definition) is 1. The maximum absolute atomic E-state index is 12.0. The van der Waals surface area contributed by atoms with Crippen LogP contribution in [0, 0.1) is 0 Å². The van der Waals surface area contributed by atoms with Gasteiger partial charge in [-0.05, 0) is 32.7 Å². The van der Waals surface area contributed by atoms with E-state index in [1.54, 1.807) is 0 Å². The lowest BCUT2D eigenvalue weighted by Gasteiger charge is -2.42. The number of morpholine rings is 1. The smallest absolute Gasteiger partial charge is 0.327 e. The van der Waals surface area contributed by atoms with E-state index in [-0.39, 0.29) is 5.97 Å². The molecule has 1 saturated carbocycles. The molecule has 110 valence electrons. The summed E-state index contributed by atoms with van der Waals surface area (Å²) in [6.07, 6.45) is 3.91. The summed E-state index contributed by atoms with van der Waals surface area (Å²) in [6, 6.07) is 0.469. The molecule has 5 nitrogen and oxygen atoms in total. The van der Waals surface area contributed by atoms with E-state index in [9.17, 15) is 4.79 Å². The molecule has 0 radical (unpaired) electrons. The van der Waals surface area contributed by atoms with Gasteiger partial charge in [0.1, 0.15) is 5.54 Å². The highest BCUT2D eigenvalue weighted by Gasteiger charge is 2.42. The molecule has 5 heteroatoms. The van der Waals surface area contributed by atoms with Gasteiger partial charge in [-0.2, -0.15) is 0 Å². The zero-order chi connectivity index (χ0) is 13.9. The molecular formula is C14H26N2O3. The summed E-state index contributed by atoms with van der Waals surface area (Å²) in [6.45, 7) is 7.06. The fourth-order valence-electron chi connectivity index (χ4n) is 3.42. The quantitative estimate of drug-likeness (QED) is 0.748. The van der Waals surface area contributed by atoms with E-state index in [4.69, 9.17) is 9.47 Å². The van der Waals surface area contributed by atoms with E-state index >= 15 is 0 Å². The zero-order valence-corrected chi connectivity index (χ0v) is 12.3. The Hall–Kier alpha value is -0.650. The van der Waals surface area contributed by atoms with Gasteiger partial charge < -0.3 is 14.8 Å². The van der Waals surface area contributed by atoms with Crippen LogP contribution in [0.3, 0.4) is 0 Å². The summed E-state index contributed by atoms with van der Waals surface area (Å²) in [7, 11) is 1.45. The lowest BCUT2D eigenvalue weighted by atomic mass is 9.99. The van der Waals surface area contributed by atoms with Crippen LogP contribution in [0.15, 0.2) is 0 Å². The first-order valence-electron chi connectivity index (χ1n) is 7.30. The number of rotatable bonds is 5. The normalized spacial score (nSPS) is 30.7. The summed E-state index contributed by atoms with van der Waals surface area (Å²) in [5.74, 6) is -0.185. The second kappa shape index (κ2) is 6.20. The molecule has 2 rings (SSSR count). The van der Waals surface area contributed by atoms with Crippen LogP contribution in [0.5, 0.6) is 0 Å². The Morgan fingerprint density at radius 3 is 3.00 bits per heavy atom. The number of methoxy groups -OCH3 is 1. The predicted molar refractivity (Wildman–Crippen MR) is 73.0 cm³/mol. The van der Waals surface area contributed by atoms with E-state index in [2.05, 4.69) is 10.2 Å². The van der Waals surface area contributed by atoms with Crippen molar-refractivity contribution < 1.29 is 14.3 Å². The van der Waals surface area contributed by atoms with Gasteiger partial charge in [-0.1, -0.05) is 6.92 Å². The first-order chi connectivity index (χ1) is 9.10. The van der Waals surface area contributed by atoms with Crippen molar-refractivity contribution in [2.45, 2.75) is 50.8 Å². The first-order valence-corrected chi connectivity index (χ1v) is 7.30. The highest BCUT2D eigenvalue weighted by molar-refractivity contribution is 5.80. The second-order valence-electron chi connectivity index (χ2n) is 5.73. The van der Waals surface area contributed by atoms with Crippen LogP contribution in [-0.2, 0) is 14.3 Å². The van der Waals surface area contributed by atoms with Gasteiger partial charge in [-0.15, -0.1) is 0 Å². The van der Waals surface area contributed by atoms with Crippen molar-refractivity contribution in [2.24, 2.45) is 0 Å². The molecule has 1 aliphatic heterocycles. The fourth-order valence-corrected chi connectivity index (χ4v) is 3.42. The molecule has 1 saturated heterocycles. The molecule has 2 aliphatic rings. The number of likely N-dealkylation sites (N-methyl/N-ethyl adjacent to an activating group) is 1. The third-order valence-corrected chi connectivity index (χ3v) is 4.32. The summed E-state index contributed by atoms with van der Waals surface area (Å²) < 4.78 is 10.8. The van der Waals surface area contributed by atoms with Crippen molar-refractivity contribution >= 4 is 5.97 Å². The SMILES string of the molecule is CCNC(C)(CN1CCOC2CCCC21)C(=O)OC. The lowest BCUT2D eigenvalue weighted by molar-refractivity contribution is -0.150. The van der Waals surface area contributed by atoms with Crippen LogP contribution >= 0.6 is 0 Å². The number of nitrogens with zero attached hydrogens (tertiary/aromatic N) is 1. The third-order valence-electron chi connectivity index (χ3n) is 4.32. The Kier molecular flexibility index (Phi) is 4.81. The maximum Gasteiger partial charge on any atom is 0.327 e. The van der Waals surface area contributed by atoms with Crippen molar-refractivity contribution in [3.63, 3.8) is 0 Å². The molecule has 0 bridgehead atoms. The summed E-state index contributed by atoms with van der Waals surface area (Å²) >= 11 is 0. The van der Waals surface area contributed by atoms with Crippen LogP contribution < -0.4 is 5.32 Å². The molecule has 0 amide bonds. The van der Waals surface area contributed by atoms with Crippen LogP contribution in [0.25, 0.3) is 0 Å². The Morgan fingerprint density at radius 2 is 2.32 bits per heavy atom. The number of carbonyl (C=O) groups excluding carboxylic acids is 1. The summed E-state index contributed by atoms with van der Waals surface area (Å²) in [5.41, 5.74) is -0.631. The predicted octanol–water partition coefficient (Wildman–Crippen LogP) is 0.781. The number of fused-ring (bicyclic) bond motifs is 1. The van der Waals surface area contributed by atoms with Crippen LogP contribution in [-0.4, -0.2) is 61.9 Å². The standard InChI is InChI=1S/C14H26N2O3/c1-4-15-14(2,13(17)18-3)10-16-8-9-19-12-7-5-6-11(12)16/h11-12,15H,4-10H2,1-3H3. The average molecular weight is 270 g/mol. The van der Waals surface area contributed by atoms with E-state index in [0.717, 1.165) is 26.1 Å². The van der Waals surface area contributed by atoms with Gasteiger partial charge in [0.15, 0.2) is 0 Å². The Bertz CT molecular complexity index is 324. The molecule has 0 aromatic carbocycles. The molecule has 3 unspecified atom stereocenters. The lowest BCUT2D eigenvalue weighted by Crippen LogP contribution is -2.61. The summed E-state index contributed by atoms with van der Waals surface area (Å²) in [5, 5.41) is 3.28. The van der Waals surface area contributed by atoms with E-state index in [1.165, 1.54) is 20.0 Å². The van der Waals surface area contributed by atoms with Gasteiger partial charge >= 0.3 is 5.97 Å². The highest BCUT2D eigenvalue weighted by atomic mass is 16.5. The summed E-state index contributed by atoms with van der Waals surface area (Å²) in [4.78, 5) is 14.5. The second-order valence-corrected chi connectivity index (χ2v) is 5.73. The van der Waals surface area contributed by atoms with Crippen molar-refractivity contribution in [1.82, 2.24) is 10.2 Å². The molecule has 0 aromatic rings. The number of hydrogen-bond acceptors (Lipinski definition) is 5. The van der Waals surface area contributed by atoms with Crippen LogP contribution in [0.1, 0.15) is 33.1 Å². The van der Waals surface area contributed by atoms with E-state index < -0.39 is 5.54 Å². The monoisotopic (exact) mass is 270 g/mol. The Balaban J connectivity index is 2.05. The van der Waals surface area contributed by atoms with E-state index in [0.29, 0.717) is 18.7 Å². The highest BCUT2D eigenvalue weighted by Crippen LogP contribution is 2.30. The minimum Gasteiger partial charge on any atom is -0.468 e. The third kappa shape index (κ3) is 3.09. The number of carbonyl (C=O) groups is 1. The van der Waals surface area contributed by atoms with Gasteiger partial charge in [0, 0.05) is 19.1 Å². The molecule has 1 heterocycles. The van der Waals surface area contributed by atoms with E-state index in [1.807, 2.05) is 13.8 Å². The molecule has 1 aliphatic carbocycles. The van der Waals surface area contributed by atoms with Gasteiger partial charge in [0.2, 0.25) is 0 Å². The van der Waals surface area contributed by atoms with Crippen molar-refractivity contribution in [1.29, 1.82) is 0 Å². The number of ether oxygens (including phenoxy) is 2. The Labute approximate surface area is 115 Å². The van der Waals surface area contributed by atoms with Gasteiger partial charge in [0.25, 0.3) is 0 Å². The van der Waals surface area contributed by atoms with Gasteiger partial charge in [0.05, 0.1) is 19.8 Å². The molecule has 19 heavy (non-hydrogen) atoms. The van der Waals surface area contributed by atoms with Crippen molar-refractivity contribution in [2.75, 3.05) is 33.4 Å². The molecule has 0 aromatic heterocycles. The molecule has 3 atom stereocenters. The topological polar surface area (TPSA) is 50.8 Å². The molecule has 0 spiro atoms. The molecular weight excluding hydrogens is 244 g/mol. The first kappa shape index (κ1) is 14.8. The zero-order valence-electron chi connectivity index (χ0n) is 12.3. The van der Waals surface area contributed by atoms with Crippen LogP contribution in [0.4, 0.5) is 0 Å². The minimum absolute atomic E-state index is 0.185. The minimum atomic E-state index is -0.631. The number of nitrogens with one attached hydrogen (secondary N) is 1. The average Bonchev–Trinajstić information content (AvgIpc) is 2.87. The Morgan fingerprint density at radius 1 is 1.53 bits per heavy atom. The number of esters is 1. The van der Waals surface area contributed by atoms with Gasteiger partial charge in [-0.3, -0.25) is 9.69 Å². The van der Waals surface area contributed by atoms with Crippen molar-refractivity contribution in [3.8, 4) is 0 Å². The largest absolute Gasteiger partial charge is 0.468 e.